The number of nitrogens with one attached hydrogen (secondary N) is 1. The van der Waals surface area contributed by atoms with Crippen molar-refractivity contribution in [2.45, 2.75) is 38.3 Å². The standard InChI is InChI=1S/C18H22N2O/c1-2-5-15(6-3-1)7-4-12-21-18-14-19-11-10-16(18)13-20-17-8-9-17/h1-3,5-6,10-11,14,17,20H,4,7-9,12-13H2. The SMILES string of the molecule is c1ccc(CCCOc2cnccc2CNC2CC2)cc1. The quantitative estimate of drug-likeness (QED) is 0.754. The highest BCUT2D eigenvalue weighted by molar-refractivity contribution is 5.29. The van der Waals surface area contributed by atoms with Crippen molar-refractivity contribution in [1.29, 1.82) is 0 Å². The topological polar surface area (TPSA) is 34.1 Å². The van der Waals surface area contributed by atoms with E-state index in [1.807, 2.05) is 18.5 Å². The minimum Gasteiger partial charge on any atom is -0.492 e. The normalized spacial score (nSPS) is 14.1. The molecule has 1 N–H and O–H groups in total. The van der Waals surface area contributed by atoms with Gasteiger partial charge in [-0.25, -0.2) is 0 Å². The summed E-state index contributed by atoms with van der Waals surface area (Å²) >= 11 is 0. The van der Waals surface area contributed by atoms with E-state index in [0.717, 1.165) is 31.7 Å². The molecule has 0 saturated heterocycles. The van der Waals surface area contributed by atoms with Crippen LogP contribution < -0.4 is 10.1 Å². The van der Waals surface area contributed by atoms with Crippen LogP contribution in [0.1, 0.15) is 30.4 Å². The minimum absolute atomic E-state index is 0.712. The molecule has 21 heavy (non-hydrogen) atoms. The van der Waals surface area contributed by atoms with Gasteiger partial charge in [0.25, 0.3) is 0 Å². The number of hydrogen-bond donors (Lipinski definition) is 1. The molecular weight excluding hydrogens is 260 g/mol. The van der Waals surface area contributed by atoms with E-state index in [1.165, 1.54) is 24.0 Å². The molecule has 0 radical (unpaired) electrons. The highest BCUT2D eigenvalue weighted by Gasteiger charge is 2.20. The zero-order chi connectivity index (χ0) is 14.3. The van der Waals surface area contributed by atoms with Gasteiger partial charge in [-0.3, -0.25) is 4.98 Å². The summed E-state index contributed by atoms with van der Waals surface area (Å²) in [5.74, 6) is 0.915. The summed E-state index contributed by atoms with van der Waals surface area (Å²) in [5, 5.41) is 3.52. The molecule has 1 saturated carbocycles. The third-order valence-corrected chi connectivity index (χ3v) is 3.74. The van der Waals surface area contributed by atoms with Crippen molar-refractivity contribution in [2.75, 3.05) is 6.61 Å². The van der Waals surface area contributed by atoms with Gasteiger partial charge in [-0.1, -0.05) is 30.3 Å². The fraction of sp³-hybridized carbons (Fsp3) is 0.389. The van der Waals surface area contributed by atoms with Crippen LogP contribution in [0.25, 0.3) is 0 Å². The molecule has 2 aromatic rings. The van der Waals surface area contributed by atoms with Crippen molar-refractivity contribution in [3.05, 3.63) is 59.9 Å². The van der Waals surface area contributed by atoms with Gasteiger partial charge < -0.3 is 10.1 Å². The molecule has 1 aromatic heterocycles. The second-order valence-corrected chi connectivity index (χ2v) is 5.58. The first kappa shape index (κ1) is 14.1. The summed E-state index contributed by atoms with van der Waals surface area (Å²) in [4.78, 5) is 4.17. The lowest BCUT2D eigenvalue weighted by atomic mass is 10.1. The number of benzene rings is 1. The molecule has 3 nitrogen and oxygen atoms in total. The number of aryl methyl sites for hydroxylation is 1. The maximum atomic E-state index is 5.91. The highest BCUT2D eigenvalue weighted by atomic mass is 16.5. The molecule has 0 amide bonds. The molecule has 1 fully saturated rings. The van der Waals surface area contributed by atoms with Crippen LogP contribution in [0.3, 0.4) is 0 Å². The average Bonchev–Trinajstić information content (AvgIpc) is 3.36. The highest BCUT2D eigenvalue weighted by Crippen LogP contribution is 2.22. The molecule has 1 aromatic carbocycles. The Balaban J connectivity index is 1.45. The van der Waals surface area contributed by atoms with Crippen molar-refractivity contribution in [1.82, 2.24) is 10.3 Å². The zero-order valence-corrected chi connectivity index (χ0v) is 12.3. The molecule has 1 aliphatic rings. The lowest BCUT2D eigenvalue weighted by Crippen LogP contribution is -2.16. The van der Waals surface area contributed by atoms with Crippen LogP contribution in [-0.4, -0.2) is 17.6 Å². The van der Waals surface area contributed by atoms with Gasteiger partial charge in [-0.2, -0.15) is 0 Å². The molecule has 0 unspecified atom stereocenters. The number of nitrogens with zero attached hydrogens (tertiary/aromatic N) is 1. The van der Waals surface area contributed by atoms with Crippen LogP contribution in [0, 0.1) is 0 Å². The third-order valence-electron chi connectivity index (χ3n) is 3.74. The van der Waals surface area contributed by atoms with Crippen LogP contribution in [0.4, 0.5) is 0 Å². The summed E-state index contributed by atoms with van der Waals surface area (Å²) in [6, 6.07) is 13.3. The van der Waals surface area contributed by atoms with Crippen molar-refractivity contribution < 1.29 is 4.74 Å². The van der Waals surface area contributed by atoms with E-state index in [-0.39, 0.29) is 0 Å². The average molecular weight is 282 g/mol. The Morgan fingerprint density at radius 1 is 1.14 bits per heavy atom. The smallest absolute Gasteiger partial charge is 0.142 e. The second-order valence-electron chi connectivity index (χ2n) is 5.58. The number of ether oxygens (including phenoxy) is 1. The number of pyridine rings is 1. The first-order valence-electron chi connectivity index (χ1n) is 7.75. The van der Waals surface area contributed by atoms with Crippen molar-refractivity contribution in [3.63, 3.8) is 0 Å². The maximum Gasteiger partial charge on any atom is 0.142 e. The van der Waals surface area contributed by atoms with Crippen molar-refractivity contribution >= 4 is 0 Å². The first-order valence-corrected chi connectivity index (χ1v) is 7.75. The Hall–Kier alpha value is -1.87. The molecule has 0 bridgehead atoms. The first-order chi connectivity index (χ1) is 10.4. The lowest BCUT2D eigenvalue weighted by molar-refractivity contribution is 0.306. The minimum atomic E-state index is 0.712. The monoisotopic (exact) mass is 282 g/mol. The van der Waals surface area contributed by atoms with Gasteiger partial charge in [-0.05, 0) is 37.3 Å². The van der Waals surface area contributed by atoms with E-state index in [2.05, 4.69) is 40.6 Å². The summed E-state index contributed by atoms with van der Waals surface area (Å²) in [6.07, 6.45) is 8.34. The molecule has 0 aliphatic heterocycles. The number of rotatable bonds is 8. The van der Waals surface area contributed by atoms with Crippen LogP contribution in [0.15, 0.2) is 48.8 Å². The van der Waals surface area contributed by atoms with E-state index in [0.29, 0.717) is 6.04 Å². The second kappa shape index (κ2) is 7.23. The summed E-state index contributed by atoms with van der Waals surface area (Å²) in [6.45, 7) is 1.61. The molecular formula is C18H22N2O. The van der Waals surface area contributed by atoms with Gasteiger partial charge in [0.05, 0.1) is 12.8 Å². The van der Waals surface area contributed by atoms with Gasteiger partial charge in [0, 0.05) is 24.3 Å². The fourth-order valence-electron chi connectivity index (χ4n) is 2.33. The van der Waals surface area contributed by atoms with Gasteiger partial charge >= 0.3 is 0 Å². The van der Waals surface area contributed by atoms with Gasteiger partial charge in [0.15, 0.2) is 0 Å². The Morgan fingerprint density at radius 2 is 2.00 bits per heavy atom. The lowest BCUT2D eigenvalue weighted by Gasteiger charge is -2.11. The van der Waals surface area contributed by atoms with Crippen molar-refractivity contribution in [2.24, 2.45) is 0 Å². The Labute approximate surface area is 126 Å². The van der Waals surface area contributed by atoms with E-state index in [1.54, 1.807) is 0 Å². The maximum absolute atomic E-state index is 5.91. The van der Waals surface area contributed by atoms with Crippen LogP contribution in [0.2, 0.25) is 0 Å². The Kier molecular flexibility index (Phi) is 4.85. The molecule has 110 valence electrons. The van der Waals surface area contributed by atoms with Gasteiger partial charge in [-0.15, -0.1) is 0 Å². The summed E-state index contributed by atoms with van der Waals surface area (Å²) < 4.78 is 5.91. The fourth-order valence-corrected chi connectivity index (χ4v) is 2.33. The van der Waals surface area contributed by atoms with Crippen molar-refractivity contribution in [3.8, 4) is 5.75 Å². The van der Waals surface area contributed by atoms with Crippen LogP contribution in [-0.2, 0) is 13.0 Å². The van der Waals surface area contributed by atoms with Gasteiger partial charge in [0.2, 0.25) is 0 Å². The van der Waals surface area contributed by atoms with Crippen LogP contribution in [0.5, 0.6) is 5.75 Å². The van der Waals surface area contributed by atoms with E-state index in [4.69, 9.17) is 4.74 Å². The summed E-state index contributed by atoms with van der Waals surface area (Å²) in [7, 11) is 0. The predicted octanol–water partition coefficient (Wildman–Crippen LogP) is 3.35. The predicted molar refractivity (Wildman–Crippen MR) is 84.4 cm³/mol. The summed E-state index contributed by atoms with van der Waals surface area (Å²) in [5.41, 5.74) is 2.57. The zero-order valence-electron chi connectivity index (χ0n) is 12.3. The van der Waals surface area contributed by atoms with E-state index in [9.17, 15) is 0 Å². The van der Waals surface area contributed by atoms with Gasteiger partial charge in [0.1, 0.15) is 5.75 Å². The van der Waals surface area contributed by atoms with E-state index >= 15 is 0 Å². The Morgan fingerprint density at radius 3 is 2.81 bits per heavy atom. The molecule has 1 heterocycles. The third kappa shape index (κ3) is 4.57. The molecule has 1 aliphatic carbocycles. The van der Waals surface area contributed by atoms with E-state index < -0.39 is 0 Å². The number of hydrogen-bond acceptors (Lipinski definition) is 3. The van der Waals surface area contributed by atoms with Crippen LogP contribution >= 0.6 is 0 Å². The molecule has 0 atom stereocenters. The molecule has 3 heteroatoms. The Bertz CT molecular complexity index is 552. The molecule has 3 rings (SSSR count). The largest absolute Gasteiger partial charge is 0.492 e. The molecule has 0 spiro atoms. The number of aromatic nitrogens is 1.